The summed E-state index contributed by atoms with van der Waals surface area (Å²) in [6, 6.07) is 13.7. The van der Waals surface area contributed by atoms with Crippen LogP contribution in [0.5, 0.6) is 17.2 Å². The Morgan fingerprint density at radius 1 is 1.06 bits per heavy atom. The number of hydrogen-bond donors (Lipinski definition) is 1. The number of benzene rings is 2. The third-order valence-electron chi connectivity index (χ3n) is 5.77. The normalized spacial score (nSPS) is 15.5. The maximum absolute atomic E-state index is 13.3. The predicted octanol–water partition coefficient (Wildman–Crippen LogP) is 3.21. The fourth-order valence-corrected chi connectivity index (χ4v) is 4.18. The molecular weight excluding hydrogens is 408 g/mol. The molecule has 3 aromatic rings. The topological polar surface area (TPSA) is 79.9 Å². The van der Waals surface area contributed by atoms with E-state index in [0.717, 1.165) is 35.8 Å². The highest BCUT2D eigenvalue weighted by Gasteiger charge is 2.27. The Morgan fingerprint density at radius 2 is 1.84 bits per heavy atom. The fourth-order valence-electron chi connectivity index (χ4n) is 4.18. The summed E-state index contributed by atoms with van der Waals surface area (Å²) < 4.78 is 17.1. The summed E-state index contributed by atoms with van der Waals surface area (Å²) >= 11 is 0. The number of fused-ring (bicyclic) bond motifs is 1. The number of nitrogens with one attached hydrogen (secondary N) is 1. The van der Waals surface area contributed by atoms with Crippen LogP contribution < -0.4 is 19.1 Å². The van der Waals surface area contributed by atoms with Crippen molar-refractivity contribution in [2.45, 2.75) is 6.92 Å². The third-order valence-corrected chi connectivity index (χ3v) is 5.77. The Balaban J connectivity index is 1.31. The highest BCUT2D eigenvalue weighted by molar-refractivity contribution is 6.00. The molecule has 1 amide bonds. The summed E-state index contributed by atoms with van der Waals surface area (Å²) in [6.07, 6.45) is 1.60. The third kappa shape index (κ3) is 3.84. The van der Waals surface area contributed by atoms with E-state index in [1.165, 1.54) is 0 Å². The number of hydrogen-bond acceptors (Lipinski definition) is 6. The number of carbonyl (C=O) groups excluding carboxylic acids is 1. The Bertz CT molecular complexity index is 1100. The van der Waals surface area contributed by atoms with Gasteiger partial charge in [-0.2, -0.15) is 5.10 Å². The lowest BCUT2D eigenvalue weighted by molar-refractivity contribution is 0.0747. The Labute approximate surface area is 186 Å². The monoisotopic (exact) mass is 434 g/mol. The fraction of sp³-hybridized carbons (Fsp3) is 0.333. The number of anilines is 1. The van der Waals surface area contributed by atoms with E-state index in [2.05, 4.69) is 21.2 Å². The lowest BCUT2D eigenvalue weighted by Crippen LogP contribution is -2.49. The van der Waals surface area contributed by atoms with Crippen LogP contribution in [-0.4, -0.2) is 67.0 Å². The van der Waals surface area contributed by atoms with Gasteiger partial charge in [0.05, 0.1) is 29.7 Å². The number of amides is 1. The second kappa shape index (κ2) is 8.82. The first-order valence-electron chi connectivity index (χ1n) is 10.9. The summed E-state index contributed by atoms with van der Waals surface area (Å²) in [5.74, 6) is 2.26. The van der Waals surface area contributed by atoms with Crippen LogP contribution in [0.3, 0.4) is 0 Å². The molecule has 0 bridgehead atoms. The van der Waals surface area contributed by atoms with Crippen molar-refractivity contribution in [2.75, 3.05) is 50.9 Å². The SMILES string of the molecule is CCOc1ccccc1N1CCN(C(=O)c2cn[nH]c2-c2ccc3c(c2)OCCO3)CC1. The molecule has 3 heterocycles. The highest BCUT2D eigenvalue weighted by Crippen LogP contribution is 2.35. The van der Waals surface area contributed by atoms with E-state index in [1.54, 1.807) is 6.20 Å². The van der Waals surface area contributed by atoms with Crippen molar-refractivity contribution in [1.82, 2.24) is 15.1 Å². The van der Waals surface area contributed by atoms with Crippen molar-refractivity contribution in [1.29, 1.82) is 0 Å². The van der Waals surface area contributed by atoms with Crippen molar-refractivity contribution >= 4 is 11.6 Å². The van der Waals surface area contributed by atoms with Crippen LogP contribution in [0.25, 0.3) is 11.3 Å². The Morgan fingerprint density at radius 3 is 2.66 bits per heavy atom. The number of aromatic amines is 1. The van der Waals surface area contributed by atoms with E-state index < -0.39 is 0 Å². The summed E-state index contributed by atoms with van der Waals surface area (Å²) in [7, 11) is 0. The number of rotatable bonds is 5. The highest BCUT2D eigenvalue weighted by atomic mass is 16.6. The smallest absolute Gasteiger partial charge is 0.257 e. The molecule has 1 N–H and O–H groups in total. The number of para-hydroxylation sites is 2. The minimum absolute atomic E-state index is 0.0265. The molecule has 0 unspecified atom stereocenters. The standard InChI is InChI=1S/C24H26N4O4/c1-2-30-20-6-4-3-5-19(20)27-9-11-28(12-10-27)24(29)18-16-25-26-23(18)17-7-8-21-22(15-17)32-14-13-31-21/h3-8,15-16H,2,9-14H2,1H3,(H,25,26). The summed E-state index contributed by atoms with van der Waals surface area (Å²) in [4.78, 5) is 17.5. The van der Waals surface area contributed by atoms with Crippen LogP contribution in [0.4, 0.5) is 5.69 Å². The Hall–Kier alpha value is -3.68. The second-order valence-corrected chi connectivity index (χ2v) is 7.70. The Kier molecular flexibility index (Phi) is 5.58. The lowest BCUT2D eigenvalue weighted by Gasteiger charge is -2.36. The predicted molar refractivity (Wildman–Crippen MR) is 121 cm³/mol. The molecule has 0 saturated carbocycles. The maximum Gasteiger partial charge on any atom is 0.257 e. The zero-order chi connectivity index (χ0) is 21.9. The average molecular weight is 434 g/mol. The number of H-pyrrole nitrogens is 1. The van der Waals surface area contributed by atoms with E-state index in [9.17, 15) is 4.79 Å². The molecule has 0 atom stereocenters. The van der Waals surface area contributed by atoms with Crippen molar-refractivity contribution in [3.8, 4) is 28.5 Å². The average Bonchev–Trinajstić information content (AvgIpc) is 3.34. The molecule has 0 spiro atoms. The van der Waals surface area contributed by atoms with Gasteiger partial charge in [-0.1, -0.05) is 12.1 Å². The molecule has 2 aromatic carbocycles. The quantitative estimate of drug-likeness (QED) is 0.664. The van der Waals surface area contributed by atoms with Gasteiger partial charge in [0, 0.05) is 31.7 Å². The van der Waals surface area contributed by atoms with Gasteiger partial charge in [0.1, 0.15) is 19.0 Å². The van der Waals surface area contributed by atoms with E-state index in [0.29, 0.717) is 49.9 Å². The van der Waals surface area contributed by atoms with Gasteiger partial charge < -0.3 is 24.0 Å². The van der Waals surface area contributed by atoms with Crippen molar-refractivity contribution < 1.29 is 19.0 Å². The lowest BCUT2D eigenvalue weighted by atomic mass is 10.1. The van der Waals surface area contributed by atoms with Crippen LogP contribution in [0.1, 0.15) is 17.3 Å². The number of aromatic nitrogens is 2. The van der Waals surface area contributed by atoms with Crippen LogP contribution >= 0.6 is 0 Å². The van der Waals surface area contributed by atoms with Crippen LogP contribution in [0.2, 0.25) is 0 Å². The van der Waals surface area contributed by atoms with Crippen LogP contribution in [-0.2, 0) is 0 Å². The van der Waals surface area contributed by atoms with Gasteiger partial charge in [-0.3, -0.25) is 9.89 Å². The molecule has 32 heavy (non-hydrogen) atoms. The number of nitrogens with zero attached hydrogens (tertiary/aromatic N) is 3. The molecule has 0 aliphatic carbocycles. The van der Waals surface area contributed by atoms with Gasteiger partial charge in [-0.05, 0) is 37.3 Å². The molecule has 166 valence electrons. The minimum Gasteiger partial charge on any atom is -0.492 e. The van der Waals surface area contributed by atoms with E-state index in [4.69, 9.17) is 14.2 Å². The van der Waals surface area contributed by atoms with Gasteiger partial charge in [0.25, 0.3) is 5.91 Å². The van der Waals surface area contributed by atoms with Gasteiger partial charge >= 0.3 is 0 Å². The van der Waals surface area contributed by atoms with E-state index in [-0.39, 0.29) is 5.91 Å². The van der Waals surface area contributed by atoms with Crippen molar-refractivity contribution in [2.24, 2.45) is 0 Å². The van der Waals surface area contributed by atoms with Crippen LogP contribution in [0.15, 0.2) is 48.7 Å². The molecule has 8 heteroatoms. The largest absolute Gasteiger partial charge is 0.492 e. The molecule has 1 aromatic heterocycles. The number of piperazine rings is 1. The molecule has 8 nitrogen and oxygen atoms in total. The molecule has 2 aliphatic rings. The van der Waals surface area contributed by atoms with Gasteiger partial charge in [0.2, 0.25) is 0 Å². The van der Waals surface area contributed by atoms with Crippen molar-refractivity contribution in [3.05, 3.63) is 54.2 Å². The van der Waals surface area contributed by atoms with Crippen molar-refractivity contribution in [3.63, 3.8) is 0 Å². The van der Waals surface area contributed by atoms with Gasteiger partial charge in [-0.15, -0.1) is 0 Å². The first-order valence-corrected chi connectivity index (χ1v) is 10.9. The first-order chi connectivity index (χ1) is 15.7. The molecule has 1 saturated heterocycles. The zero-order valence-electron chi connectivity index (χ0n) is 18.0. The molecule has 0 radical (unpaired) electrons. The molecule has 5 rings (SSSR count). The molecule has 1 fully saturated rings. The minimum atomic E-state index is -0.0265. The van der Waals surface area contributed by atoms with Gasteiger partial charge in [0.15, 0.2) is 11.5 Å². The number of carbonyl (C=O) groups is 1. The zero-order valence-corrected chi connectivity index (χ0v) is 18.0. The van der Waals surface area contributed by atoms with E-state index in [1.807, 2.05) is 48.2 Å². The number of ether oxygens (including phenoxy) is 3. The summed E-state index contributed by atoms with van der Waals surface area (Å²) in [5, 5.41) is 7.13. The summed E-state index contributed by atoms with van der Waals surface area (Å²) in [5.41, 5.74) is 3.17. The van der Waals surface area contributed by atoms with Crippen LogP contribution in [0, 0.1) is 0 Å². The van der Waals surface area contributed by atoms with E-state index >= 15 is 0 Å². The molecule has 2 aliphatic heterocycles. The molecular formula is C24H26N4O4. The maximum atomic E-state index is 13.3. The van der Waals surface area contributed by atoms with Gasteiger partial charge in [-0.25, -0.2) is 0 Å². The second-order valence-electron chi connectivity index (χ2n) is 7.70. The first kappa shape index (κ1) is 20.2. The summed E-state index contributed by atoms with van der Waals surface area (Å²) in [6.45, 7) is 6.41.